The van der Waals surface area contributed by atoms with Gasteiger partial charge < -0.3 is 19.7 Å². The van der Waals surface area contributed by atoms with Crippen LogP contribution in [0.4, 0.5) is 5.69 Å². The summed E-state index contributed by atoms with van der Waals surface area (Å²) in [6, 6.07) is 20.7. The van der Waals surface area contributed by atoms with Crippen molar-refractivity contribution in [3.63, 3.8) is 0 Å². The fourth-order valence-electron chi connectivity index (χ4n) is 4.29. The minimum Gasteiger partial charge on any atom is -0.497 e. The van der Waals surface area contributed by atoms with Crippen molar-refractivity contribution in [2.45, 2.75) is 32.4 Å². The number of methoxy groups -OCH3 is 2. The molecule has 0 radical (unpaired) electrons. The average molecular weight is 647 g/mol. The lowest BCUT2D eigenvalue weighted by molar-refractivity contribution is -0.140. The molecule has 41 heavy (non-hydrogen) atoms. The van der Waals surface area contributed by atoms with Crippen LogP contribution in [0.25, 0.3) is 0 Å². The summed E-state index contributed by atoms with van der Waals surface area (Å²) in [5.41, 5.74) is 1.81. The molecule has 0 aromatic heterocycles. The fourth-order valence-corrected chi connectivity index (χ4v) is 5.40. The largest absolute Gasteiger partial charge is 0.497 e. The Morgan fingerprint density at radius 3 is 2.22 bits per heavy atom. The molecule has 3 aromatic carbocycles. The van der Waals surface area contributed by atoms with Crippen LogP contribution in [0.1, 0.15) is 24.5 Å². The predicted octanol–water partition coefficient (Wildman–Crippen LogP) is 4.40. The van der Waals surface area contributed by atoms with E-state index in [0.29, 0.717) is 12.3 Å². The highest BCUT2D eigenvalue weighted by molar-refractivity contribution is 9.10. The van der Waals surface area contributed by atoms with Gasteiger partial charge in [-0.15, -0.1) is 0 Å². The summed E-state index contributed by atoms with van der Waals surface area (Å²) in [7, 11) is -1.08. The fraction of sp³-hybridized carbons (Fsp3) is 0.333. The standard InChI is InChI=1S/C30H36BrN3O6S/c1-5-17-32-30(36)27(18-22-9-7-6-8-10-22)33(20-23-11-13-24(31)14-12-23)29(35)21-34(41(4,37)38)26-19-25(39-2)15-16-28(26)40-3/h6-16,19,27H,5,17-18,20-21H2,1-4H3,(H,32,36). The molecule has 9 nitrogen and oxygen atoms in total. The molecule has 1 atom stereocenters. The molecule has 1 N–H and O–H groups in total. The van der Waals surface area contributed by atoms with Crippen molar-refractivity contribution in [2.75, 3.05) is 37.9 Å². The van der Waals surface area contributed by atoms with Gasteiger partial charge >= 0.3 is 0 Å². The number of rotatable bonds is 14. The summed E-state index contributed by atoms with van der Waals surface area (Å²) >= 11 is 3.43. The van der Waals surface area contributed by atoms with Crippen LogP contribution in [0.3, 0.4) is 0 Å². The zero-order valence-electron chi connectivity index (χ0n) is 23.7. The summed E-state index contributed by atoms with van der Waals surface area (Å²) in [6.07, 6.45) is 2.00. The Kier molecular flexibility index (Phi) is 11.6. The number of nitrogens with zero attached hydrogens (tertiary/aromatic N) is 2. The molecule has 3 aromatic rings. The van der Waals surface area contributed by atoms with Crippen molar-refractivity contribution in [3.8, 4) is 11.5 Å². The van der Waals surface area contributed by atoms with Crippen molar-refractivity contribution in [3.05, 3.63) is 88.4 Å². The van der Waals surface area contributed by atoms with Crippen molar-refractivity contribution >= 4 is 43.5 Å². The smallest absolute Gasteiger partial charge is 0.244 e. The topological polar surface area (TPSA) is 105 Å². The van der Waals surface area contributed by atoms with Gasteiger partial charge in [-0.2, -0.15) is 0 Å². The first-order valence-electron chi connectivity index (χ1n) is 13.1. The van der Waals surface area contributed by atoms with Crippen LogP contribution in [0.5, 0.6) is 11.5 Å². The molecule has 1 unspecified atom stereocenters. The minimum absolute atomic E-state index is 0.0933. The normalized spacial score (nSPS) is 11.8. The highest BCUT2D eigenvalue weighted by Crippen LogP contribution is 2.34. The molecule has 0 bridgehead atoms. The van der Waals surface area contributed by atoms with E-state index in [9.17, 15) is 18.0 Å². The Bertz CT molecular complexity index is 1420. The first kappa shape index (κ1) is 32.0. The Morgan fingerprint density at radius 2 is 1.63 bits per heavy atom. The van der Waals surface area contributed by atoms with Gasteiger partial charge in [0.1, 0.15) is 24.1 Å². The van der Waals surface area contributed by atoms with Gasteiger partial charge in [0.25, 0.3) is 0 Å². The lowest BCUT2D eigenvalue weighted by atomic mass is 10.0. The number of nitrogens with one attached hydrogen (secondary N) is 1. The highest BCUT2D eigenvalue weighted by atomic mass is 79.9. The maximum Gasteiger partial charge on any atom is 0.244 e. The maximum atomic E-state index is 14.2. The molecule has 3 rings (SSSR count). The summed E-state index contributed by atoms with van der Waals surface area (Å²) in [5, 5.41) is 2.92. The first-order valence-corrected chi connectivity index (χ1v) is 15.8. The van der Waals surface area contributed by atoms with E-state index in [1.807, 2.05) is 61.5 Å². The van der Waals surface area contributed by atoms with Crippen molar-refractivity contribution in [2.24, 2.45) is 0 Å². The molecule has 0 saturated heterocycles. The van der Waals surface area contributed by atoms with E-state index in [4.69, 9.17) is 9.47 Å². The van der Waals surface area contributed by atoms with Crippen molar-refractivity contribution < 1.29 is 27.5 Å². The van der Waals surface area contributed by atoms with E-state index in [-0.39, 0.29) is 30.3 Å². The number of carbonyl (C=O) groups is 2. The van der Waals surface area contributed by atoms with E-state index in [2.05, 4.69) is 21.2 Å². The van der Waals surface area contributed by atoms with Gasteiger partial charge in [0.15, 0.2) is 0 Å². The molecule has 0 fully saturated rings. The molecular formula is C30H36BrN3O6S. The Morgan fingerprint density at radius 1 is 0.951 bits per heavy atom. The molecule has 0 aliphatic heterocycles. The summed E-state index contributed by atoms with van der Waals surface area (Å²) < 4.78 is 38.7. The van der Waals surface area contributed by atoms with Gasteiger partial charge in [-0.1, -0.05) is 65.3 Å². The van der Waals surface area contributed by atoms with Crippen LogP contribution < -0.4 is 19.1 Å². The number of carbonyl (C=O) groups excluding carboxylic acids is 2. The molecule has 0 heterocycles. The molecule has 2 amide bonds. The third-order valence-corrected chi connectivity index (χ3v) is 8.08. The van der Waals surface area contributed by atoms with Gasteiger partial charge in [-0.05, 0) is 41.8 Å². The minimum atomic E-state index is -3.96. The number of benzene rings is 3. The van der Waals surface area contributed by atoms with Crippen LogP contribution in [0, 0.1) is 0 Å². The second-order valence-electron chi connectivity index (χ2n) is 9.45. The number of hydrogen-bond donors (Lipinski definition) is 1. The van der Waals surface area contributed by atoms with Crippen LogP contribution in [-0.4, -0.2) is 64.7 Å². The van der Waals surface area contributed by atoms with Gasteiger partial charge in [0.05, 0.1) is 26.2 Å². The monoisotopic (exact) mass is 645 g/mol. The van der Waals surface area contributed by atoms with Crippen LogP contribution in [0.15, 0.2) is 77.3 Å². The van der Waals surface area contributed by atoms with E-state index < -0.39 is 28.5 Å². The third kappa shape index (κ3) is 8.96. The van der Waals surface area contributed by atoms with Gasteiger partial charge in [-0.25, -0.2) is 8.42 Å². The lowest BCUT2D eigenvalue weighted by Gasteiger charge is -2.33. The van der Waals surface area contributed by atoms with E-state index >= 15 is 0 Å². The lowest BCUT2D eigenvalue weighted by Crippen LogP contribution is -2.53. The number of anilines is 1. The Labute approximate surface area is 250 Å². The molecule has 0 spiro atoms. The van der Waals surface area contributed by atoms with E-state index in [1.165, 1.54) is 25.2 Å². The highest BCUT2D eigenvalue weighted by Gasteiger charge is 2.33. The zero-order chi connectivity index (χ0) is 30.0. The van der Waals surface area contributed by atoms with Crippen LogP contribution in [-0.2, 0) is 32.6 Å². The number of halogens is 1. The maximum absolute atomic E-state index is 14.2. The SMILES string of the molecule is CCCNC(=O)C(Cc1ccccc1)N(Cc1ccc(Br)cc1)C(=O)CN(c1cc(OC)ccc1OC)S(C)(=O)=O. The predicted molar refractivity (Wildman–Crippen MR) is 164 cm³/mol. The number of ether oxygens (including phenoxy) is 2. The molecule has 220 valence electrons. The molecular weight excluding hydrogens is 610 g/mol. The zero-order valence-corrected chi connectivity index (χ0v) is 26.1. The van der Waals surface area contributed by atoms with Crippen molar-refractivity contribution in [1.82, 2.24) is 10.2 Å². The third-order valence-electron chi connectivity index (χ3n) is 6.42. The van der Waals surface area contributed by atoms with Crippen LogP contribution >= 0.6 is 15.9 Å². The summed E-state index contributed by atoms with van der Waals surface area (Å²) in [6.45, 7) is 1.94. The number of hydrogen-bond acceptors (Lipinski definition) is 6. The van der Waals surface area contributed by atoms with Crippen molar-refractivity contribution in [1.29, 1.82) is 0 Å². The Hall–Kier alpha value is -3.57. The van der Waals surface area contributed by atoms with Crippen LogP contribution in [0.2, 0.25) is 0 Å². The quantitative estimate of drug-likeness (QED) is 0.279. The molecule has 0 aliphatic carbocycles. The summed E-state index contributed by atoms with van der Waals surface area (Å²) in [4.78, 5) is 29.2. The number of amides is 2. The first-order chi connectivity index (χ1) is 19.6. The number of sulfonamides is 1. The second kappa shape index (κ2) is 14.9. The van der Waals surface area contributed by atoms with Gasteiger partial charge in [0, 0.05) is 30.0 Å². The van der Waals surface area contributed by atoms with E-state index in [1.54, 1.807) is 12.1 Å². The van der Waals surface area contributed by atoms with Gasteiger partial charge in [-0.3, -0.25) is 13.9 Å². The average Bonchev–Trinajstić information content (AvgIpc) is 2.96. The second-order valence-corrected chi connectivity index (χ2v) is 12.3. The molecule has 0 aliphatic rings. The summed E-state index contributed by atoms with van der Waals surface area (Å²) in [5.74, 6) is -0.207. The molecule has 0 saturated carbocycles. The van der Waals surface area contributed by atoms with E-state index in [0.717, 1.165) is 32.6 Å². The Balaban J connectivity index is 2.09. The molecule has 11 heteroatoms. The van der Waals surface area contributed by atoms with Gasteiger partial charge in [0.2, 0.25) is 21.8 Å².